The summed E-state index contributed by atoms with van der Waals surface area (Å²) in [6.45, 7) is 6.57. The molecule has 0 spiro atoms. The molecular formula is C15H21ClN2O. The van der Waals surface area contributed by atoms with Gasteiger partial charge in [-0.2, -0.15) is 5.26 Å². The van der Waals surface area contributed by atoms with E-state index in [1.54, 1.807) is 0 Å². The van der Waals surface area contributed by atoms with Gasteiger partial charge in [-0.15, -0.1) is 0 Å². The lowest BCUT2D eigenvalue weighted by Crippen LogP contribution is -2.19. The Labute approximate surface area is 120 Å². The second-order valence-corrected chi connectivity index (χ2v) is 5.27. The number of nitriles is 1. The van der Waals surface area contributed by atoms with Crippen LogP contribution >= 0.6 is 11.6 Å². The lowest BCUT2D eigenvalue weighted by molar-refractivity contribution is 0.308. The van der Waals surface area contributed by atoms with Crippen LogP contribution in [0.25, 0.3) is 0 Å². The van der Waals surface area contributed by atoms with Crippen LogP contribution in [0, 0.1) is 17.2 Å². The van der Waals surface area contributed by atoms with Gasteiger partial charge in [-0.3, -0.25) is 0 Å². The number of ether oxygens (including phenoxy) is 1. The molecule has 0 atom stereocenters. The van der Waals surface area contributed by atoms with Gasteiger partial charge in [0.15, 0.2) is 0 Å². The van der Waals surface area contributed by atoms with Gasteiger partial charge in [0.1, 0.15) is 5.75 Å². The molecule has 0 aromatic heterocycles. The number of para-hydroxylation sites is 1. The standard InChI is InChI=1S/C15H21ClN2O/c1-12(2)10-18-11-13-6-5-7-14(16)15(13)19-9-4-3-8-17/h5-7,12,18H,3-4,9-11H2,1-2H3. The Kier molecular flexibility index (Phi) is 7.32. The quantitative estimate of drug-likeness (QED) is 0.737. The molecule has 1 N–H and O–H groups in total. The Balaban J connectivity index is 2.59. The summed E-state index contributed by atoms with van der Waals surface area (Å²) in [4.78, 5) is 0. The van der Waals surface area contributed by atoms with Crippen LogP contribution in [-0.4, -0.2) is 13.2 Å². The summed E-state index contributed by atoms with van der Waals surface area (Å²) in [7, 11) is 0. The first-order valence-electron chi connectivity index (χ1n) is 6.63. The van der Waals surface area contributed by atoms with Gasteiger partial charge in [-0.1, -0.05) is 37.6 Å². The van der Waals surface area contributed by atoms with E-state index in [-0.39, 0.29) is 0 Å². The van der Waals surface area contributed by atoms with Crippen molar-refractivity contribution < 1.29 is 4.74 Å². The fraction of sp³-hybridized carbons (Fsp3) is 0.533. The molecule has 0 radical (unpaired) electrons. The number of hydrogen-bond donors (Lipinski definition) is 1. The molecule has 1 rings (SSSR count). The van der Waals surface area contributed by atoms with Crippen LogP contribution in [0.1, 0.15) is 32.3 Å². The second-order valence-electron chi connectivity index (χ2n) is 4.86. The van der Waals surface area contributed by atoms with Crippen LogP contribution in [0.2, 0.25) is 5.02 Å². The summed E-state index contributed by atoms with van der Waals surface area (Å²) in [6, 6.07) is 7.87. The lowest BCUT2D eigenvalue weighted by Gasteiger charge is -2.14. The van der Waals surface area contributed by atoms with Gasteiger partial charge in [0.2, 0.25) is 0 Å². The smallest absolute Gasteiger partial charge is 0.142 e. The first kappa shape index (κ1) is 15.8. The molecule has 0 aliphatic carbocycles. The molecule has 104 valence electrons. The zero-order valence-electron chi connectivity index (χ0n) is 11.6. The fourth-order valence-corrected chi connectivity index (χ4v) is 1.92. The van der Waals surface area contributed by atoms with E-state index in [0.29, 0.717) is 24.0 Å². The Hall–Kier alpha value is -1.24. The van der Waals surface area contributed by atoms with Gasteiger partial charge in [0.05, 0.1) is 17.7 Å². The SMILES string of the molecule is CC(C)CNCc1cccc(Cl)c1OCCCC#N. The van der Waals surface area contributed by atoms with Gasteiger partial charge in [0.25, 0.3) is 0 Å². The number of nitrogens with one attached hydrogen (secondary N) is 1. The molecule has 19 heavy (non-hydrogen) atoms. The first-order chi connectivity index (χ1) is 9.15. The molecule has 0 saturated carbocycles. The van der Waals surface area contributed by atoms with Crippen molar-refractivity contribution in [2.24, 2.45) is 5.92 Å². The van der Waals surface area contributed by atoms with Gasteiger partial charge < -0.3 is 10.1 Å². The van der Waals surface area contributed by atoms with Crippen LogP contribution in [0.3, 0.4) is 0 Å². The Morgan fingerprint density at radius 2 is 2.21 bits per heavy atom. The average Bonchev–Trinajstić information content (AvgIpc) is 2.36. The highest BCUT2D eigenvalue weighted by molar-refractivity contribution is 6.32. The van der Waals surface area contributed by atoms with E-state index in [9.17, 15) is 0 Å². The number of hydrogen-bond acceptors (Lipinski definition) is 3. The third-order valence-electron chi connectivity index (χ3n) is 2.60. The molecule has 3 nitrogen and oxygen atoms in total. The van der Waals surface area contributed by atoms with Gasteiger partial charge >= 0.3 is 0 Å². The minimum atomic E-state index is 0.505. The van der Waals surface area contributed by atoms with Crippen LogP contribution in [-0.2, 0) is 6.54 Å². The van der Waals surface area contributed by atoms with Crippen molar-refractivity contribution >= 4 is 11.6 Å². The molecular weight excluding hydrogens is 260 g/mol. The minimum absolute atomic E-state index is 0.505. The topological polar surface area (TPSA) is 45.0 Å². The van der Waals surface area contributed by atoms with Crippen molar-refractivity contribution in [3.05, 3.63) is 28.8 Å². The predicted molar refractivity (Wildman–Crippen MR) is 78.3 cm³/mol. The van der Waals surface area contributed by atoms with Gasteiger partial charge in [-0.25, -0.2) is 0 Å². The minimum Gasteiger partial charge on any atom is -0.492 e. The van der Waals surface area contributed by atoms with E-state index in [4.69, 9.17) is 21.6 Å². The fourth-order valence-electron chi connectivity index (χ4n) is 1.68. The monoisotopic (exact) mass is 280 g/mol. The predicted octanol–water partition coefficient (Wildman–Crippen LogP) is 3.77. The van der Waals surface area contributed by atoms with E-state index in [0.717, 1.165) is 30.8 Å². The summed E-state index contributed by atoms with van der Waals surface area (Å²) < 4.78 is 5.70. The van der Waals surface area contributed by atoms with Crippen LogP contribution in [0.4, 0.5) is 0 Å². The third-order valence-corrected chi connectivity index (χ3v) is 2.89. The number of benzene rings is 1. The van der Waals surface area contributed by atoms with Crippen molar-refractivity contribution in [2.75, 3.05) is 13.2 Å². The van der Waals surface area contributed by atoms with Crippen molar-refractivity contribution in [1.29, 1.82) is 5.26 Å². The highest BCUT2D eigenvalue weighted by Crippen LogP contribution is 2.28. The first-order valence-corrected chi connectivity index (χ1v) is 7.00. The zero-order chi connectivity index (χ0) is 14.1. The molecule has 0 saturated heterocycles. The normalized spacial score (nSPS) is 10.5. The van der Waals surface area contributed by atoms with Gasteiger partial charge in [0, 0.05) is 18.5 Å². The Morgan fingerprint density at radius 1 is 1.42 bits per heavy atom. The molecule has 0 fully saturated rings. The highest BCUT2D eigenvalue weighted by Gasteiger charge is 2.08. The third kappa shape index (κ3) is 5.96. The van der Waals surface area contributed by atoms with Crippen molar-refractivity contribution in [1.82, 2.24) is 5.32 Å². The second kappa shape index (κ2) is 8.79. The Bertz CT molecular complexity index is 427. The van der Waals surface area contributed by atoms with Crippen LogP contribution in [0.5, 0.6) is 5.75 Å². The zero-order valence-corrected chi connectivity index (χ0v) is 12.3. The highest BCUT2D eigenvalue weighted by atomic mass is 35.5. The van der Waals surface area contributed by atoms with E-state index < -0.39 is 0 Å². The van der Waals surface area contributed by atoms with E-state index >= 15 is 0 Å². The number of nitrogens with zero attached hydrogens (tertiary/aromatic N) is 1. The molecule has 0 amide bonds. The van der Waals surface area contributed by atoms with E-state index in [1.165, 1.54) is 0 Å². The molecule has 0 heterocycles. The summed E-state index contributed by atoms with van der Waals surface area (Å²) in [5.41, 5.74) is 1.06. The summed E-state index contributed by atoms with van der Waals surface area (Å²) in [6.07, 6.45) is 1.23. The van der Waals surface area contributed by atoms with E-state index in [2.05, 4.69) is 25.2 Å². The maximum absolute atomic E-state index is 8.50. The van der Waals surface area contributed by atoms with Crippen molar-refractivity contribution in [2.45, 2.75) is 33.2 Å². The molecule has 0 aliphatic rings. The summed E-state index contributed by atoms with van der Waals surface area (Å²) >= 11 is 6.17. The van der Waals surface area contributed by atoms with Crippen LogP contribution in [0.15, 0.2) is 18.2 Å². The van der Waals surface area contributed by atoms with E-state index in [1.807, 2.05) is 18.2 Å². The lowest BCUT2D eigenvalue weighted by atomic mass is 10.1. The number of unbranched alkanes of at least 4 members (excludes halogenated alkanes) is 1. The molecule has 4 heteroatoms. The molecule has 1 aromatic carbocycles. The molecule has 1 aromatic rings. The number of halogens is 1. The number of rotatable bonds is 8. The molecule has 0 unspecified atom stereocenters. The molecule has 0 aliphatic heterocycles. The summed E-state index contributed by atoms with van der Waals surface area (Å²) in [5.74, 6) is 1.34. The van der Waals surface area contributed by atoms with Crippen molar-refractivity contribution in [3.63, 3.8) is 0 Å². The largest absolute Gasteiger partial charge is 0.492 e. The summed E-state index contributed by atoms with van der Waals surface area (Å²) in [5, 5.41) is 12.5. The maximum Gasteiger partial charge on any atom is 0.142 e. The average molecular weight is 281 g/mol. The Morgan fingerprint density at radius 3 is 2.89 bits per heavy atom. The molecule has 0 bridgehead atoms. The van der Waals surface area contributed by atoms with Crippen molar-refractivity contribution in [3.8, 4) is 11.8 Å². The maximum atomic E-state index is 8.50. The van der Waals surface area contributed by atoms with Gasteiger partial charge in [-0.05, 0) is 24.9 Å². The van der Waals surface area contributed by atoms with Crippen LogP contribution < -0.4 is 10.1 Å².